The van der Waals surface area contributed by atoms with Crippen molar-refractivity contribution in [2.45, 2.75) is 0 Å². The van der Waals surface area contributed by atoms with Gasteiger partial charge in [0.15, 0.2) is 0 Å². The molecule has 3 aromatic heterocycles. The number of anilines is 1. The van der Waals surface area contributed by atoms with Gasteiger partial charge in [-0.05, 0) is 36.4 Å². The molecule has 0 unspecified atom stereocenters. The molecule has 4 heterocycles. The average molecular weight is 489 g/mol. The Balaban J connectivity index is 1.38. The molecule has 1 saturated heterocycles. The lowest BCUT2D eigenvalue weighted by atomic mass is 10.1. The van der Waals surface area contributed by atoms with Crippen LogP contribution in [0.1, 0.15) is 10.4 Å². The van der Waals surface area contributed by atoms with Crippen LogP contribution < -0.4 is 4.90 Å². The monoisotopic (exact) mass is 487 g/mol. The molecule has 1 aliphatic rings. The van der Waals surface area contributed by atoms with Crippen molar-refractivity contribution in [2.24, 2.45) is 0 Å². The standard InChI is InChI=1S/C21H16Cl3N7O/c22-13-3-4-16(23)15(12-13)17-5-7-26-20-27-21(28-31(17)20)30-10-8-29(9-11-30)19(32)14-2-1-6-25-18(14)24/h1-7,12H,8-11H2. The first-order valence-electron chi connectivity index (χ1n) is 9.83. The summed E-state index contributed by atoms with van der Waals surface area (Å²) in [5, 5.41) is 6.00. The van der Waals surface area contributed by atoms with Crippen molar-refractivity contribution in [3.63, 3.8) is 0 Å². The summed E-state index contributed by atoms with van der Waals surface area (Å²) in [4.78, 5) is 29.4. The molecule has 0 radical (unpaired) electrons. The van der Waals surface area contributed by atoms with Crippen molar-refractivity contribution in [1.29, 1.82) is 0 Å². The number of benzene rings is 1. The molecule has 11 heteroatoms. The average Bonchev–Trinajstić information content (AvgIpc) is 3.25. The predicted molar refractivity (Wildman–Crippen MR) is 124 cm³/mol. The van der Waals surface area contributed by atoms with Gasteiger partial charge in [-0.2, -0.15) is 9.50 Å². The lowest BCUT2D eigenvalue weighted by molar-refractivity contribution is 0.0746. The van der Waals surface area contributed by atoms with Gasteiger partial charge in [-0.1, -0.05) is 34.8 Å². The number of hydrogen-bond donors (Lipinski definition) is 0. The van der Waals surface area contributed by atoms with Crippen molar-refractivity contribution in [2.75, 3.05) is 31.1 Å². The second-order valence-corrected chi connectivity index (χ2v) is 8.40. The topological polar surface area (TPSA) is 79.5 Å². The first-order valence-corrected chi connectivity index (χ1v) is 11.0. The molecule has 1 aromatic carbocycles. The maximum atomic E-state index is 12.8. The van der Waals surface area contributed by atoms with Crippen molar-refractivity contribution < 1.29 is 4.79 Å². The van der Waals surface area contributed by atoms with E-state index in [9.17, 15) is 4.79 Å². The van der Waals surface area contributed by atoms with Crippen molar-refractivity contribution >= 4 is 52.4 Å². The third-order valence-electron chi connectivity index (χ3n) is 5.27. The highest BCUT2D eigenvalue weighted by molar-refractivity contribution is 6.35. The maximum Gasteiger partial charge on any atom is 0.257 e. The Hall–Kier alpha value is -2.94. The second kappa shape index (κ2) is 8.54. The molecule has 0 saturated carbocycles. The number of aromatic nitrogens is 5. The Bertz CT molecular complexity index is 1320. The minimum absolute atomic E-state index is 0.134. The summed E-state index contributed by atoms with van der Waals surface area (Å²) in [5.41, 5.74) is 1.88. The van der Waals surface area contributed by atoms with Crippen LogP contribution >= 0.6 is 34.8 Å². The van der Waals surface area contributed by atoms with Crippen LogP contribution in [0.15, 0.2) is 48.8 Å². The maximum absolute atomic E-state index is 12.8. The zero-order chi connectivity index (χ0) is 22.2. The Morgan fingerprint density at radius 3 is 2.53 bits per heavy atom. The number of halogens is 3. The highest BCUT2D eigenvalue weighted by Crippen LogP contribution is 2.30. The van der Waals surface area contributed by atoms with E-state index >= 15 is 0 Å². The van der Waals surface area contributed by atoms with Gasteiger partial charge in [0.25, 0.3) is 11.7 Å². The lowest BCUT2D eigenvalue weighted by Crippen LogP contribution is -2.49. The molecule has 5 rings (SSSR count). The molecule has 1 fully saturated rings. The molecular weight excluding hydrogens is 473 g/mol. The van der Waals surface area contributed by atoms with Gasteiger partial charge in [0.05, 0.1) is 16.3 Å². The number of pyridine rings is 1. The van der Waals surface area contributed by atoms with Gasteiger partial charge in [0, 0.05) is 49.2 Å². The summed E-state index contributed by atoms with van der Waals surface area (Å²) in [7, 11) is 0. The number of rotatable bonds is 3. The van der Waals surface area contributed by atoms with Gasteiger partial charge >= 0.3 is 0 Å². The fourth-order valence-electron chi connectivity index (χ4n) is 3.64. The lowest BCUT2D eigenvalue weighted by Gasteiger charge is -2.34. The third-order valence-corrected chi connectivity index (χ3v) is 6.14. The van der Waals surface area contributed by atoms with Gasteiger partial charge < -0.3 is 9.80 Å². The van der Waals surface area contributed by atoms with E-state index in [1.165, 1.54) is 0 Å². The second-order valence-electron chi connectivity index (χ2n) is 7.20. The summed E-state index contributed by atoms with van der Waals surface area (Å²) in [6.45, 7) is 2.18. The summed E-state index contributed by atoms with van der Waals surface area (Å²) in [5.74, 6) is 0.856. The number of hydrogen-bond acceptors (Lipinski definition) is 6. The van der Waals surface area contributed by atoms with E-state index in [1.807, 2.05) is 11.0 Å². The minimum atomic E-state index is -0.134. The highest BCUT2D eigenvalue weighted by Gasteiger charge is 2.26. The largest absolute Gasteiger partial charge is 0.336 e. The number of amides is 1. The van der Waals surface area contributed by atoms with Gasteiger partial charge in [0.2, 0.25) is 5.95 Å². The smallest absolute Gasteiger partial charge is 0.257 e. The fourth-order valence-corrected chi connectivity index (χ4v) is 4.23. The van der Waals surface area contributed by atoms with Crippen LogP contribution in [-0.2, 0) is 0 Å². The molecule has 0 N–H and O–H groups in total. The summed E-state index contributed by atoms with van der Waals surface area (Å²) in [6, 6.07) is 10.5. The van der Waals surface area contributed by atoms with E-state index in [-0.39, 0.29) is 11.1 Å². The quantitative estimate of drug-likeness (QED) is 0.404. The van der Waals surface area contributed by atoms with Crippen LogP contribution in [0.25, 0.3) is 17.0 Å². The molecule has 4 aromatic rings. The first-order chi connectivity index (χ1) is 15.5. The van der Waals surface area contributed by atoms with Crippen molar-refractivity contribution in [3.8, 4) is 11.3 Å². The van der Waals surface area contributed by atoms with E-state index in [0.29, 0.717) is 53.5 Å². The molecule has 32 heavy (non-hydrogen) atoms. The van der Waals surface area contributed by atoms with E-state index in [4.69, 9.17) is 34.8 Å². The van der Waals surface area contributed by atoms with Crippen molar-refractivity contribution in [3.05, 3.63) is 69.6 Å². The van der Waals surface area contributed by atoms with Gasteiger partial charge in [-0.15, -0.1) is 5.10 Å². The van der Waals surface area contributed by atoms with Crippen LogP contribution in [0.3, 0.4) is 0 Å². The first kappa shape index (κ1) is 20.9. The number of fused-ring (bicyclic) bond motifs is 1. The van der Waals surface area contributed by atoms with Crippen molar-refractivity contribution in [1.82, 2.24) is 29.5 Å². The molecule has 0 aliphatic carbocycles. The van der Waals surface area contributed by atoms with Crippen LogP contribution in [0.4, 0.5) is 5.95 Å². The molecule has 1 amide bonds. The Labute approximate surface area is 198 Å². The number of piperazine rings is 1. The van der Waals surface area contributed by atoms with E-state index < -0.39 is 0 Å². The zero-order valence-corrected chi connectivity index (χ0v) is 18.9. The normalized spacial score (nSPS) is 14.2. The van der Waals surface area contributed by atoms with E-state index in [2.05, 4.69) is 20.1 Å². The minimum Gasteiger partial charge on any atom is -0.336 e. The van der Waals surface area contributed by atoms with Crippen LogP contribution in [-0.4, -0.2) is 61.6 Å². The Morgan fingerprint density at radius 2 is 1.75 bits per heavy atom. The molecule has 0 bridgehead atoms. The van der Waals surface area contributed by atoms with Crippen LogP contribution in [0.2, 0.25) is 15.2 Å². The van der Waals surface area contributed by atoms with Crippen LogP contribution in [0, 0.1) is 0 Å². The molecule has 0 atom stereocenters. The summed E-state index contributed by atoms with van der Waals surface area (Å²) < 4.78 is 1.65. The summed E-state index contributed by atoms with van der Waals surface area (Å²) in [6.07, 6.45) is 3.22. The summed E-state index contributed by atoms with van der Waals surface area (Å²) >= 11 is 18.6. The molecule has 8 nitrogen and oxygen atoms in total. The third kappa shape index (κ3) is 3.85. The Kier molecular flexibility index (Phi) is 5.58. The van der Waals surface area contributed by atoms with E-state index in [1.54, 1.807) is 52.1 Å². The number of carbonyl (C=O) groups excluding carboxylic acids is 1. The molecule has 0 spiro atoms. The molecular formula is C21H16Cl3N7O. The van der Waals surface area contributed by atoms with Crippen LogP contribution in [0.5, 0.6) is 0 Å². The van der Waals surface area contributed by atoms with Gasteiger partial charge in [0.1, 0.15) is 5.15 Å². The number of carbonyl (C=O) groups is 1. The highest BCUT2D eigenvalue weighted by atomic mass is 35.5. The SMILES string of the molecule is O=C(c1cccnc1Cl)N1CCN(c2nc3nccc(-c4cc(Cl)ccc4Cl)n3n2)CC1. The van der Waals surface area contributed by atoms with E-state index in [0.717, 1.165) is 11.3 Å². The fraction of sp³-hybridized carbons (Fsp3) is 0.190. The molecule has 1 aliphatic heterocycles. The molecule has 162 valence electrons. The van der Waals surface area contributed by atoms with Gasteiger partial charge in [-0.25, -0.2) is 9.97 Å². The van der Waals surface area contributed by atoms with Gasteiger partial charge in [-0.3, -0.25) is 4.79 Å². The zero-order valence-electron chi connectivity index (χ0n) is 16.6. The number of nitrogens with zero attached hydrogens (tertiary/aromatic N) is 7. The Morgan fingerprint density at radius 1 is 0.938 bits per heavy atom. The predicted octanol–water partition coefficient (Wildman–Crippen LogP) is 4.11.